The van der Waals surface area contributed by atoms with Crippen molar-refractivity contribution in [2.24, 2.45) is 7.05 Å². The Kier molecular flexibility index (Phi) is 7.67. The molecule has 1 aliphatic rings. The van der Waals surface area contributed by atoms with E-state index in [1.54, 1.807) is 57.8 Å². The number of amides is 3. The molecule has 1 atom stereocenters. The molecule has 0 bridgehead atoms. The molecule has 1 aliphatic heterocycles. The van der Waals surface area contributed by atoms with Crippen LogP contribution in [0.5, 0.6) is 5.88 Å². The molecule has 0 fully saturated rings. The Balaban J connectivity index is 1.48. The number of anilines is 2. The van der Waals surface area contributed by atoms with Gasteiger partial charge in [-0.3, -0.25) is 14.9 Å². The summed E-state index contributed by atoms with van der Waals surface area (Å²) in [5.74, 6) is -0.167. The van der Waals surface area contributed by atoms with Crippen LogP contribution in [0.2, 0.25) is 5.02 Å². The Bertz CT molecular complexity index is 1700. The van der Waals surface area contributed by atoms with Crippen LogP contribution in [0.15, 0.2) is 36.9 Å². The van der Waals surface area contributed by atoms with Crippen molar-refractivity contribution >= 4 is 46.0 Å². The molecular weight excluding hydrogens is 565 g/mol. The smallest absolute Gasteiger partial charge is 0.415 e. The number of ether oxygens (including phenoxy) is 2. The first-order valence-electron chi connectivity index (χ1n) is 13.3. The zero-order valence-corrected chi connectivity index (χ0v) is 24.8. The molecule has 13 heteroatoms. The highest BCUT2D eigenvalue weighted by Crippen LogP contribution is 2.42. The third kappa shape index (κ3) is 5.80. The number of rotatable bonds is 4. The molecule has 1 aromatic carbocycles. The van der Waals surface area contributed by atoms with Crippen LogP contribution in [-0.2, 0) is 11.8 Å². The summed E-state index contributed by atoms with van der Waals surface area (Å²) in [7, 11) is 1.80. The molecule has 3 amide bonds. The van der Waals surface area contributed by atoms with Crippen molar-refractivity contribution in [3.05, 3.63) is 58.9 Å². The van der Waals surface area contributed by atoms with Gasteiger partial charge in [0.15, 0.2) is 0 Å². The zero-order chi connectivity index (χ0) is 30.3. The number of carbonyl (C=O) groups is 2. The second kappa shape index (κ2) is 11.1. The Morgan fingerprint density at radius 1 is 1.17 bits per heavy atom. The minimum Gasteiger partial charge on any atom is -0.474 e. The van der Waals surface area contributed by atoms with Gasteiger partial charge in [0.2, 0.25) is 5.88 Å². The summed E-state index contributed by atoms with van der Waals surface area (Å²) in [6, 6.07) is 2.45. The third-order valence-electron chi connectivity index (χ3n) is 6.72. The lowest BCUT2D eigenvalue weighted by molar-refractivity contribution is 0.0566. The number of aromatic nitrogens is 4. The van der Waals surface area contributed by atoms with Crippen LogP contribution in [0, 0.1) is 12.7 Å². The van der Waals surface area contributed by atoms with E-state index in [2.05, 4.69) is 25.7 Å². The summed E-state index contributed by atoms with van der Waals surface area (Å²) in [6.07, 6.45) is 5.83. The summed E-state index contributed by atoms with van der Waals surface area (Å²) in [5, 5.41) is 10.4. The molecule has 0 radical (unpaired) electrons. The van der Waals surface area contributed by atoms with Gasteiger partial charge in [-0.25, -0.2) is 23.9 Å². The second-order valence-corrected chi connectivity index (χ2v) is 11.4. The van der Waals surface area contributed by atoms with E-state index in [0.29, 0.717) is 27.6 Å². The largest absolute Gasteiger partial charge is 0.474 e. The second-order valence-electron chi connectivity index (χ2n) is 11.0. The van der Waals surface area contributed by atoms with Gasteiger partial charge < -0.3 is 14.8 Å². The number of halogens is 2. The molecule has 0 saturated heterocycles. The van der Waals surface area contributed by atoms with Gasteiger partial charge in [0, 0.05) is 47.7 Å². The fraction of sp³-hybridized carbons (Fsp3) is 0.345. The predicted molar refractivity (Wildman–Crippen MR) is 158 cm³/mol. The van der Waals surface area contributed by atoms with E-state index >= 15 is 4.39 Å². The number of hydrogen-bond acceptors (Lipinski definition) is 7. The Labute approximate surface area is 247 Å². The number of aryl methyl sites for hydroxylation is 1. The standard InChI is InChI=1S/C29H31ClFN7O4/c1-15-20(12-33-26-25(15)38(7-8-41-26)28(40)42-29(3,4)5)19-9-17-10-22(32-13-21(17)23(30)24(19)31)36-27(39)35-16(2)18-11-34-37(6)14-18/h9-14,16H,7-8H2,1-6H3,(H2,32,35,36,39). The highest BCUT2D eigenvalue weighted by Gasteiger charge is 2.32. The van der Waals surface area contributed by atoms with Gasteiger partial charge in [-0.2, -0.15) is 5.10 Å². The lowest BCUT2D eigenvalue weighted by atomic mass is 9.97. The highest BCUT2D eigenvalue weighted by molar-refractivity contribution is 6.36. The molecule has 11 nitrogen and oxygen atoms in total. The first kappa shape index (κ1) is 29.1. The lowest BCUT2D eigenvalue weighted by Gasteiger charge is -2.32. The van der Waals surface area contributed by atoms with Crippen molar-refractivity contribution < 1.29 is 23.5 Å². The van der Waals surface area contributed by atoms with Gasteiger partial charge in [0.05, 0.1) is 23.8 Å². The zero-order valence-electron chi connectivity index (χ0n) is 24.1. The first-order chi connectivity index (χ1) is 19.8. The average molecular weight is 596 g/mol. The molecule has 5 rings (SSSR count). The maximum atomic E-state index is 15.7. The van der Waals surface area contributed by atoms with E-state index in [0.717, 1.165) is 5.56 Å². The van der Waals surface area contributed by atoms with Gasteiger partial charge in [-0.1, -0.05) is 11.6 Å². The molecule has 0 saturated carbocycles. The number of carbonyl (C=O) groups excluding carboxylic acids is 2. The predicted octanol–water partition coefficient (Wildman–Crippen LogP) is 6.15. The van der Waals surface area contributed by atoms with Gasteiger partial charge in [0.25, 0.3) is 0 Å². The number of fused-ring (bicyclic) bond motifs is 2. The Morgan fingerprint density at radius 2 is 1.93 bits per heavy atom. The lowest BCUT2D eigenvalue weighted by Crippen LogP contribution is -2.42. The third-order valence-corrected chi connectivity index (χ3v) is 7.09. The number of benzene rings is 1. The van der Waals surface area contributed by atoms with Crippen LogP contribution in [0.25, 0.3) is 21.9 Å². The number of pyridine rings is 2. The molecule has 220 valence electrons. The number of nitrogens with one attached hydrogen (secondary N) is 2. The van der Waals surface area contributed by atoms with Crippen LogP contribution in [0.4, 0.5) is 25.5 Å². The highest BCUT2D eigenvalue weighted by atomic mass is 35.5. The molecule has 0 aliphatic carbocycles. The van der Waals surface area contributed by atoms with Crippen LogP contribution in [-0.4, -0.2) is 50.6 Å². The van der Waals surface area contributed by atoms with Crippen molar-refractivity contribution in [1.29, 1.82) is 0 Å². The monoisotopic (exact) mass is 595 g/mol. The van der Waals surface area contributed by atoms with Gasteiger partial charge in [-0.05, 0) is 57.7 Å². The molecular formula is C29H31ClFN7O4. The first-order valence-corrected chi connectivity index (χ1v) is 13.7. The van der Waals surface area contributed by atoms with Crippen LogP contribution in [0.3, 0.4) is 0 Å². The molecule has 4 heterocycles. The van der Waals surface area contributed by atoms with Gasteiger partial charge in [-0.15, -0.1) is 0 Å². The topological polar surface area (TPSA) is 124 Å². The minimum absolute atomic E-state index is 0.131. The van der Waals surface area contributed by atoms with E-state index in [1.165, 1.54) is 17.3 Å². The minimum atomic E-state index is -0.708. The van der Waals surface area contributed by atoms with Gasteiger partial charge >= 0.3 is 12.1 Å². The summed E-state index contributed by atoms with van der Waals surface area (Å²) >= 11 is 6.47. The summed E-state index contributed by atoms with van der Waals surface area (Å²) < 4.78 is 28.7. The van der Waals surface area contributed by atoms with E-state index in [9.17, 15) is 9.59 Å². The maximum absolute atomic E-state index is 15.7. The molecule has 1 unspecified atom stereocenters. The normalized spacial score (nSPS) is 13.8. The Hall–Kier alpha value is -4.45. The van der Waals surface area contributed by atoms with Gasteiger partial charge in [0.1, 0.15) is 29.5 Å². The van der Waals surface area contributed by atoms with Crippen molar-refractivity contribution in [2.45, 2.75) is 46.3 Å². The molecule has 3 aromatic heterocycles. The summed E-state index contributed by atoms with van der Waals surface area (Å²) in [5.41, 5.74) is 1.69. The van der Waals surface area contributed by atoms with Crippen molar-refractivity contribution in [2.75, 3.05) is 23.4 Å². The van der Waals surface area contributed by atoms with Crippen molar-refractivity contribution in [3.8, 4) is 17.0 Å². The van der Waals surface area contributed by atoms with Crippen LogP contribution >= 0.6 is 11.6 Å². The van der Waals surface area contributed by atoms with E-state index < -0.39 is 23.5 Å². The van der Waals surface area contributed by atoms with Crippen molar-refractivity contribution in [3.63, 3.8) is 0 Å². The van der Waals surface area contributed by atoms with Crippen LogP contribution in [0.1, 0.15) is 44.9 Å². The van der Waals surface area contributed by atoms with E-state index in [4.69, 9.17) is 21.1 Å². The SMILES string of the molecule is Cc1c(-c2cc3cc(NC(=O)NC(C)c4cnn(C)c4)ncc3c(Cl)c2F)cnc2c1N(C(=O)OC(C)(C)C)CCO2. The maximum Gasteiger partial charge on any atom is 0.415 e. The number of hydrogen-bond donors (Lipinski definition) is 2. The average Bonchev–Trinajstić information content (AvgIpc) is 3.36. The fourth-order valence-corrected chi connectivity index (χ4v) is 4.96. The number of urea groups is 1. The fourth-order valence-electron chi connectivity index (χ4n) is 4.70. The molecule has 4 aromatic rings. The Morgan fingerprint density at radius 3 is 2.62 bits per heavy atom. The van der Waals surface area contributed by atoms with E-state index in [1.807, 2.05) is 13.1 Å². The molecule has 42 heavy (non-hydrogen) atoms. The summed E-state index contributed by atoms with van der Waals surface area (Å²) in [6.45, 7) is 9.42. The quantitative estimate of drug-likeness (QED) is 0.290. The van der Waals surface area contributed by atoms with Crippen LogP contribution < -0.4 is 20.3 Å². The number of nitrogens with zero attached hydrogens (tertiary/aromatic N) is 5. The van der Waals surface area contributed by atoms with E-state index in [-0.39, 0.29) is 41.5 Å². The molecule has 2 N–H and O–H groups in total. The van der Waals surface area contributed by atoms with Crippen molar-refractivity contribution in [1.82, 2.24) is 25.1 Å². The molecule has 0 spiro atoms. The summed E-state index contributed by atoms with van der Waals surface area (Å²) in [4.78, 5) is 35.8.